The van der Waals surface area contributed by atoms with E-state index in [-0.39, 0.29) is 24.0 Å². The number of carbonyl (C=O) groups is 1. The van der Waals surface area contributed by atoms with Crippen LogP contribution in [0.4, 0.5) is 0 Å². The first kappa shape index (κ1) is 14.0. The fourth-order valence-electron chi connectivity index (χ4n) is 1.51. The Morgan fingerprint density at radius 2 is 2.20 bits per heavy atom. The Kier molecular flexibility index (Phi) is 4.67. The number of thiocarbonyl (C=S) groups is 1. The standard InChI is InChI=1S/C13H13N3O3S/c14-13(20)10-3-1-2-4-11(10)18-8-12(17)15-7-9-5-6-16-19-9/h1-6H,7-8H2,(H2,14,20)(H,15,17). The van der Waals surface area contributed by atoms with Crippen molar-refractivity contribution in [2.45, 2.75) is 6.54 Å². The van der Waals surface area contributed by atoms with Crippen molar-refractivity contribution in [3.05, 3.63) is 47.9 Å². The SMILES string of the molecule is NC(=S)c1ccccc1OCC(=O)NCc1ccno1. The molecule has 1 amide bonds. The average Bonchev–Trinajstić information content (AvgIpc) is 2.96. The van der Waals surface area contributed by atoms with Gasteiger partial charge in [-0.05, 0) is 12.1 Å². The molecule has 3 N–H and O–H groups in total. The number of rotatable bonds is 6. The Morgan fingerprint density at radius 3 is 2.90 bits per heavy atom. The third-order valence-corrected chi connectivity index (χ3v) is 2.68. The highest BCUT2D eigenvalue weighted by Gasteiger charge is 2.08. The van der Waals surface area contributed by atoms with Gasteiger partial charge < -0.3 is 20.3 Å². The van der Waals surface area contributed by atoms with Crippen LogP contribution in [-0.2, 0) is 11.3 Å². The van der Waals surface area contributed by atoms with E-state index < -0.39 is 0 Å². The molecule has 1 aromatic carbocycles. The quantitative estimate of drug-likeness (QED) is 0.772. The number of aromatic nitrogens is 1. The maximum absolute atomic E-state index is 11.6. The zero-order chi connectivity index (χ0) is 14.4. The molecule has 1 aromatic heterocycles. The lowest BCUT2D eigenvalue weighted by Crippen LogP contribution is -2.28. The zero-order valence-electron chi connectivity index (χ0n) is 10.5. The molecule has 20 heavy (non-hydrogen) atoms. The second-order valence-corrected chi connectivity index (χ2v) is 4.34. The summed E-state index contributed by atoms with van der Waals surface area (Å²) in [4.78, 5) is 11.9. The molecule has 0 saturated heterocycles. The van der Waals surface area contributed by atoms with E-state index in [4.69, 9.17) is 27.2 Å². The van der Waals surface area contributed by atoms with E-state index in [1.165, 1.54) is 6.20 Å². The minimum Gasteiger partial charge on any atom is -0.483 e. The Morgan fingerprint density at radius 1 is 1.40 bits per heavy atom. The van der Waals surface area contributed by atoms with Crippen molar-refractivity contribution in [3.8, 4) is 5.75 Å². The van der Waals surface area contributed by atoms with Gasteiger partial charge in [0.2, 0.25) is 0 Å². The predicted molar refractivity (Wildman–Crippen MR) is 76.2 cm³/mol. The number of carbonyl (C=O) groups excluding carboxylic acids is 1. The predicted octanol–water partition coefficient (Wildman–Crippen LogP) is 1.00. The molecule has 6 nitrogen and oxygen atoms in total. The fraction of sp³-hybridized carbons (Fsp3) is 0.154. The number of para-hydroxylation sites is 1. The van der Waals surface area contributed by atoms with Gasteiger partial charge in [0.1, 0.15) is 10.7 Å². The second kappa shape index (κ2) is 6.67. The van der Waals surface area contributed by atoms with Crippen molar-refractivity contribution in [1.29, 1.82) is 0 Å². The lowest BCUT2D eigenvalue weighted by molar-refractivity contribution is -0.123. The maximum atomic E-state index is 11.6. The lowest BCUT2D eigenvalue weighted by Gasteiger charge is -2.10. The molecule has 0 spiro atoms. The summed E-state index contributed by atoms with van der Waals surface area (Å²) in [6.07, 6.45) is 1.51. The van der Waals surface area contributed by atoms with Crippen molar-refractivity contribution in [2.75, 3.05) is 6.61 Å². The summed E-state index contributed by atoms with van der Waals surface area (Å²) < 4.78 is 10.3. The maximum Gasteiger partial charge on any atom is 0.258 e. The first-order valence-corrected chi connectivity index (χ1v) is 6.25. The smallest absolute Gasteiger partial charge is 0.258 e. The summed E-state index contributed by atoms with van der Waals surface area (Å²) in [5.74, 6) is 0.774. The van der Waals surface area contributed by atoms with Gasteiger partial charge in [-0.1, -0.05) is 29.5 Å². The van der Waals surface area contributed by atoms with Gasteiger partial charge in [-0.15, -0.1) is 0 Å². The Bertz CT molecular complexity index is 599. The van der Waals surface area contributed by atoms with Crippen LogP contribution in [0.15, 0.2) is 41.1 Å². The highest BCUT2D eigenvalue weighted by molar-refractivity contribution is 7.80. The summed E-state index contributed by atoms with van der Waals surface area (Å²) in [5.41, 5.74) is 6.18. The van der Waals surface area contributed by atoms with Gasteiger partial charge in [0.25, 0.3) is 5.91 Å². The molecule has 0 saturated carbocycles. The molecule has 0 atom stereocenters. The average molecular weight is 291 g/mol. The Balaban J connectivity index is 1.85. The lowest BCUT2D eigenvalue weighted by atomic mass is 10.2. The minimum atomic E-state index is -0.279. The van der Waals surface area contributed by atoms with Crippen molar-refractivity contribution >= 4 is 23.1 Å². The van der Waals surface area contributed by atoms with Crippen LogP contribution >= 0.6 is 12.2 Å². The Hall–Kier alpha value is -2.41. The van der Waals surface area contributed by atoms with E-state index in [2.05, 4.69) is 10.5 Å². The molecule has 0 unspecified atom stereocenters. The molecule has 2 aromatic rings. The van der Waals surface area contributed by atoms with Crippen LogP contribution in [0.5, 0.6) is 5.75 Å². The molecule has 1 heterocycles. The second-order valence-electron chi connectivity index (χ2n) is 3.90. The molecule has 104 valence electrons. The van der Waals surface area contributed by atoms with Gasteiger partial charge >= 0.3 is 0 Å². The molecule has 0 bridgehead atoms. The number of hydrogen-bond acceptors (Lipinski definition) is 5. The van der Waals surface area contributed by atoms with Crippen LogP contribution in [-0.4, -0.2) is 22.7 Å². The van der Waals surface area contributed by atoms with Gasteiger partial charge in [-0.25, -0.2) is 0 Å². The highest BCUT2D eigenvalue weighted by atomic mass is 32.1. The van der Waals surface area contributed by atoms with Gasteiger partial charge in [0, 0.05) is 6.07 Å². The van der Waals surface area contributed by atoms with Crippen molar-refractivity contribution in [1.82, 2.24) is 10.5 Å². The summed E-state index contributed by atoms with van der Waals surface area (Å²) in [7, 11) is 0. The molecule has 0 aliphatic rings. The number of benzene rings is 1. The Labute approximate surface area is 120 Å². The van der Waals surface area contributed by atoms with Crippen LogP contribution in [0.2, 0.25) is 0 Å². The van der Waals surface area contributed by atoms with Gasteiger partial charge in [-0.2, -0.15) is 0 Å². The molecular formula is C13H13N3O3S. The number of nitrogens with zero attached hydrogens (tertiary/aromatic N) is 1. The molecule has 0 radical (unpaired) electrons. The largest absolute Gasteiger partial charge is 0.483 e. The van der Waals surface area contributed by atoms with Crippen LogP contribution < -0.4 is 15.8 Å². The van der Waals surface area contributed by atoms with Gasteiger partial charge in [0.15, 0.2) is 12.4 Å². The highest BCUT2D eigenvalue weighted by Crippen LogP contribution is 2.17. The minimum absolute atomic E-state index is 0.131. The van der Waals surface area contributed by atoms with Crippen LogP contribution in [0, 0.1) is 0 Å². The molecular weight excluding hydrogens is 278 g/mol. The van der Waals surface area contributed by atoms with Crippen molar-refractivity contribution < 1.29 is 14.1 Å². The monoisotopic (exact) mass is 291 g/mol. The normalized spacial score (nSPS) is 10.0. The molecule has 2 rings (SSSR count). The van der Waals surface area contributed by atoms with E-state index in [9.17, 15) is 4.79 Å². The van der Waals surface area contributed by atoms with Crippen LogP contribution in [0.25, 0.3) is 0 Å². The summed E-state index contributed by atoms with van der Waals surface area (Å²) in [6.45, 7) is 0.132. The van der Waals surface area contributed by atoms with Gasteiger partial charge in [-0.3, -0.25) is 4.79 Å². The fourth-order valence-corrected chi connectivity index (χ4v) is 1.68. The van der Waals surface area contributed by atoms with Crippen LogP contribution in [0.3, 0.4) is 0 Å². The van der Waals surface area contributed by atoms with E-state index in [1.54, 1.807) is 30.3 Å². The molecule has 0 aliphatic carbocycles. The van der Waals surface area contributed by atoms with E-state index in [0.29, 0.717) is 17.1 Å². The third-order valence-electron chi connectivity index (χ3n) is 2.46. The van der Waals surface area contributed by atoms with Gasteiger partial charge in [0.05, 0.1) is 18.3 Å². The number of nitrogens with one attached hydrogen (secondary N) is 1. The summed E-state index contributed by atoms with van der Waals surface area (Å²) >= 11 is 4.91. The topological polar surface area (TPSA) is 90.4 Å². The van der Waals surface area contributed by atoms with E-state index in [1.807, 2.05) is 0 Å². The zero-order valence-corrected chi connectivity index (χ0v) is 11.4. The number of nitrogens with two attached hydrogens (primary N) is 1. The first-order chi connectivity index (χ1) is 9.66. The van der Waals surface area contributed by atoms with E-state index >= 15 is 0 Å². The van der Waals surface area contributed by atoms with Crippen molar-refractivity contribution in [3.63, 3.8) is 0 Å². The van der Waals surface area contributed by atoms with Crippen LogP contribution in [0.1, 0.15) is 11.3 Å². The molecule has 0 fully saturated rings. The van der Waals surface area contributed by atoms with Crippen molar-refractivity contribution in [2.24, 2.45) is 5.73 Å². The first-order valence-electron chi connectivity index (χ1n) is 5.84. The summed E-state index contributed by atoms with van der Waals surface area (Å²) in [6, 6.07) is 8.69. The van der Waals surface area contributed by atoms with E-state index in [0.717, 1.165) is 0 Å². The third kappa shape index (κ3) is 3.79. The molecule has 0 aliphatic heterocycles. The number of ether oxygens (including phenoxy) is 1. The number of hydrogen-bond donors (Lipinski definition) is 2. The number of amides is 1. The summed E-state index contributed by atoms with van der Waals surface area (Å²) in [5, 5.41) is 6.18. The molecule has 7 heteroatoms.